The number of hydrogen-bond donors (Lipinski definition) is 3. The Balaban J connectivity index is 1.78. The third kappa shape index (κ3) is 4.40. The average molecular weight is 501 g/mol. The fourth-order valence-electron chi connectivity index (χ4n) is 4.04. The fraction of sp³-hybridized carbons (Fsp3) is 0.333. The summed E-state index contributed by atoms with van der Waals surface area (Å²) in [6, 6.07) is 2.40. The number of nitrogens with one attached hydrogen (secondary N) is 2. The van der Waals surface area contributed by atoms with E-state index in [-0.39, 0.29) is 5.69 Å². The van der Waals surface area contributed by atoms with Crippen LogP contribution in [0.2, 0.25) is 0 Å². The number of anilines is 1. The van der Waals surface area contributed by atoms with Crippen molar-refractivity contribution in [3.8, 4) is 11.3 Å². The minimum absolute atomic E-state index is 0.359. The number of alkyl halides is 6. The second-order valence-electron chi connectivity index (χ2n) is 8.19. The molecule has 2 aliphatic rings. The van der Waals surface area contributed by atoms with Crippen molar-refractivity contribution in [1.29, 1.82) is 0 Å². The van der Waals surface area contributed by atoms with Gasteiger partial charge in [-0.15, -0.1) is 0 Å². The molecule has 0 radical (unpaired) electrons. The number of amides is 2. The predicted molar refractivity (Wildman–Crippen MR) is 108 cm³/mol. The zero-order valence-electron chi connectivity index (χ0n) is 17.9. The van der Waals surface area contributed by atoms with Gasteiger partial charge in [0.2, 0.25) is 0 Å². The number of halogens is 6. The first-order chi connectivity index (χ1) is 16.2. The van der Waals surface area contributed by atoms with Gasteiger partial charge in [0.1, 0.15) is 23.4 Å². The highest BCUT2D eigenvalue weighted by atomic mass is 19.4. The minimum atomic E-state index is -4.90. The molecule has 0 spiro atoms. The van der Waals surface area contributed by atoms with Gasteiger partial charge in [0.15, 0.2) is 0 Å². The number of aliphatic hydroxyl groups excluding tert-OH is 1. The monoisotopic (exact) mass is 501 g/mol. The maximum absolute atomic E-state index is 13.3. The first kappa shape index (κ1) is 24.4. The van der Waals surface area contributed by atoms with Crippen LogP contribution in [0.3, 0.4) is 0 Å². The number of carbonyl (C=O) groups is 2. The normalized spacial score (nSPS) is 21.1. The molecule has 0 aliphatic carbocycles. The summed E-state index contributed by atoms with van der Waals surface area (Å²) >= 11 is 0. The number of benzene rings is 1. The Bertz CT molecular complexity index is 1240. The predicted octanol–water partition coefficient (Wildman–Crippen LogP) is 3.83. The summed E-state index contributed by atoms with van der Waals surface area (Å²) in [6.07, 6.45) is -8.18. The minimum Gasteiger partial charge on any atom is -0.509 e. The van der Waals surface area contributed by atoms with Gasteiger partial charge in [-0.2, -0.15) is 26.3 Å². The first-order valence-corrected chi connectivity index (χ1v) is 10.2. The topological polar surface area (TPSA) is 107 Å². The highest BCUT2D eigenvalue weighted by Crippen LogP contribution is 2.39. The van der Waals surface area contributed by atoms with Gasteiger partial charge in [-0.3, -0.25) is 15.0 Å². The lowest BCUT2D eigenvalue weighted by atomic mass is 9.91. The Labute approximate surface area is 193 Å². The third-order valence-corrected chi connectivity index (χ3v) is 5.91. The van der Waals surface area contributed by atoms with Crippen LogP contribution in [0.5, 0.6) is 0 Å². The molecule has 8 nitrogen and oxygen atoms in total. The van der Waals surface area contributed by atoms with Crippen LogP contribution >= 0.6 is 0 Å². The number of hydrogen-bond acceptors (Lipinski definition) is 6. The molecule has 0 unspecified atom stereocenters. The molecule has 4 rings (SSSR count). The summed E-state index contributed by atoms with van der Waals surface area (Å²) in [5.74, 6) is -2.61. The number of rotatable bonds is 3. The van der Waals surface area contributed by atoms with E-state index >= 15 is 0 Å². The molecular weight excluding hydrogens is 484 g/mol. The maximum Gasteiger partial charge on any atom is 0.433 e. The van der Waals surface area contributed by atoms with Gasteiger partial charge in [-0.05, 0) is 44.0 Å². The SMILES string of the molecule is C[C@]12CCCN1NC(=O)C(C(=O)Nc1ccc(C(F)(F)F)cc1-c1cc(C(F)(F)F)ncn1)=C2O. The standard InChI is InChI=1S/C21H17F6N5O3/c1-19-5-2-6-32(19)31-18(35)15(16(19)33)17(34)30-12-4-3-10(20(22,23)24)7-11(12)13-8-14(21(25,26)27)29-9-28-13/h3-4,7-9,33H,2,5-6H2,1H3,(H,30,34)(H,31,35)/t19-/m1/s1. The van der Waals surface area contributed by atoms with Crippen LogP contribution < -0.4 is 10.7 Å². The highest BCUT2D eigenvalue weighted by molar-refractivity contribution is 6.24. The van der Waals surface area contributed by atoms with E-state index in [1.165, 1.54) is 5.01 Å². The first-order valence-electron chi connectivity index (χ1n) is 10.2. The van der Waals surface area contributed by atoms with Crippen molar-refractivity contribution >= 4 is 17.5 Å². The molecule has 14 heteroatoms. The Morgan fingerprint density at radius 2 is 1.86 bits per heavy atom. The molecule has 3 heterocycles. The molecule has 0 bridgehead atoms. The number of fused-ring (bicyclic) bond motifs is 1. The molecule has 35 heavy (non-hydrogen) atoms. The fourth-order valence-corrected chi connectivity index (χ4v) is 4.04. The van der Waals surface area contributed by atoms with Gasteiger partial charge in [0.25, 0.3) is 11.8 Å². The summed E-state index contributed by atoms with van der Waals surface area (Å²) in [5.41, 5.74) is -3.24. The Morgan fingerprint density at radius 3 is 2.51 bits per heavy atom. The number of nitrogens with zero attached hydrogens (tertiary/aromatic N) is 3. The number of aliphatic hydroxyl groups is 1. The van der Waals surface area contributed by atoms with Gasteiger partial charge >= 0.3 is 12.4 Å². The van der Waals surface area contributed by atoms with E-state index in [1.54, 1.807) is 6.92 Å². The van der Waals surface area contributed by atoms with Crippen molar-refractivity contribution in [3.05, 3.63) is 53.2 Å². The molecule has 1 aromatic heterocycles. The van der Waals surface area contributed by atoms with E-state index in [2.05, 4.69) is 20.7 Å². The average Bonchev–Trinajstić information content (AvgIpc) is 3.14. The van der Waals surface area contributed by atoms with Gasteiger partial charge in [0.05, 0.1) is 22.5 Å². The number of aromatic nitrogens is 2. The van der Waals surface area contributed by atoms with E-state index < -0.39 is 63.6 Å². The molecule has 1 fully saturated rings. The molecule has 3 N–H and O–H groups in total. The molecule has 2 aromatic rings. The molecule has 1 atom stereocenters. The van der Waals surface area contributed by atoms with E-state index in [0.29, 0.717) is 43.9 Å². The quantitative estimate of drug-likeness (QED) is 0.436. The van der Waals surface area contributed by atoms with Crippen LogP contribution in [-0.4, -0.2) is 44.0 Å². The Kier molecular flexibility index (Phi) is 5.74. The van der Waals surface area contributed by atoms with E-state index in [9.17, 15) is 41.0 Å². The summed E-state index contributed by atoms with van der Waals surface area (Å²) in [5, 5.41) is 14.4. The van der Waals surface area contributed by atoms with Gasteiger partial charge in [-0.1, -0.05) is 0 Å². The van der Waals surface area contributed by atoms with Gasteiger partial charge in [-0.25, -0.2) is 15.0 Å². The molecule has 2 amide bonds. The van der Waals surface area contributed by atoms with E-state index in [0.717, 1.165) is 6.07 Å². The van der Waals surface area contributed by atoms with Gasteiger partial charge < -0.3 is 10.4 Å². The lowest BCUT2D eigenvalue weighted by Crippen LogP contribution is -2.58. The van der Waals surface area contributed by atoms with Crippen LogP contribution in [0, 0.1) is 0 Å². The van der Waals surface area contributed by atoms with Crippen LogP contribution in [0.15, 0.2) is 41.9 Å². The molecule has 1 saturated heterocycles. The Hall–Kier alpha value is -3.68. The van der Waals surface area contributed by atoms with Gasteiger partial charge in [0, 0.05) is 12.1 Å². The van der Waals surface area contributed by atoms with Crippen molar-refractivity contribution in [3.63, 3.8) is 0 Å². The lowest BCUT2D eigenvalue weighted by Gasteiger charge is -2.39. The number of carbonyl (C=O) groups excluding carboxylic acids is 2. The van der Waals surface area contributed by atoms with Crippen molar-refractivity contribution < 1.29 is 41.0 Å². The molecule has 186 valence electrons. The Morgan fingerprint density at radius 1 is 1.14 bits per heavy atom. The summed E-state index contributed by atoms with van der Waals surface area (Å²) < 4.78 is 79.3. The maximum atomic E-state index is 13.3. The van der Waals surface area contributed by atoms with E-state index in [4.69, 9.17) is 0 Å². The lowest BCUT2D eigenvalue weighted by molar-refractivity contribution is -0.141. The summed E-state index contributed by atoms with van der Waals surface area (Å²) in [7, 11) is 0. The van der Waals surface area contributed by atoms with Crippen LogP contribution in [-0.2, 0) is 21.9 Å². The molecular formula is C21H17F6N5O3. The zero-order valence-corrected chi connectivity index (χ0v) is 17.9. The third-order valence-electron chi connectivity index (χ3n) is 5.91. The summed E-state index contributed by atoms with van der Waals surface area (Å²) in [4.78, 5) is 32.2. The smallest absolute Gasteiger partial charge is 0.433 e. The second kappa shape index (κ2) is 8.22. The largest absolute Gasteiger partial charge is 0.509 e. The van der Waals surface area contributed by atoms with Crippen LogP contribution in [0.4, 0.5) is 32.0 Å². The van der Waals surface area contributed by atoms with Crippen molar-refractivity contribution in [1.82, 2.24) is 20.4 Å². The number of hydrazine groups is 1. The van der Waals surface area contributed by atoms with Crippen molar-refractivity contribution in [2.45, 2.75) is 37.7 Å². The molecule has 1 aromatic carbocycles. The zero-order chi connectivity index (χ0) is 25.8. The highest BCUT2D eigenvalue weighted by Gasteiger charge is 2.49. The van der Waals surface area contributed by atoms with Crippen LogP contribution in [0.1, 0.15) is 31.0 Å². The summed E-state index contributed by atoms with van der Waals surface area (Å²) in [6.45, 7) is 2.03. The van der Waals surface area contributed by atoms with Crippen molar-refractivity contribution in [2.24, 2.45) is 0 Å². The van der Waals surface area contributed by atoms with E-state index in [1.807, 2.05) is 0 Å². The van der Waals surface area contributed by atoms with Crippen LogP contribution in [0.25, 0.3) is 11.3 Å². The second-order valence-corrected chi connectivity index (χ2v) is 8.19. The molecule has 2 aliphatic heterocycles. The molecule has 0 saturated carbocycles. The van der Waals surface area contributed by atoms with Crippen molar-refractivity contribution in [2.75, 3.05) is 11.9 Å².